The van der Waals surface area contributed by atoms with E-state index in [1.807, 2.05) is 48.5 Å². The van der Waals surface area contributed by atoms with Crippen LogP contribution in [-0.2, 0) is 5.75 Å². The van der Waals surface area contributed by atoms with Gasteiger partial charge in [0.1, 0.15) is 12.1 Å². The average Bonchev–Trinajstić information content (AvgIpc) is 3.07. The van der Waals surface area contributed by atoms with Gasteiger partial charge in [-0.15, -0.1) is 10.2 Å². The monoisotopic (exact) mass is 358 g/mol. The van der Waals surface area contributed by atoms with Crippen LogP contribution in [-0.4, -0.2) is 28.2 Å². The molecule has 0 atom stereocenters. The van der Waals surface area contributed by atoms with Crippen molar-refractivity contribution in [3.05, 3.63) is 71.0 Å². The third kappa shape index (κ3) is 4.37. The summed E-state index contributed by atoms with van der Waals surface area (Å²) in [6.45, 7) is 0. The molecule has 0 saturated carbocycles. The third-order valence-corrected chi connectivity index (χ3v) is 4.49. The van der Waals surface area contributed by atoms with Crippen molar-refractivity contribution in [3.63, 3.8) is 0 Å². The molecule has 2 aromatic carbocycles. The van der Waals surface area contributed by atoms with Gasteiger partial charge in [0.15, 0.2) is 0 Å². The molecule has 0 fully saturated rings. The zero-order chi connectivity index (χ0) is 16.8. The number of halogens is 1. The zero-order valence-corrected chi connectivity index (χ0v) is 14.5. The van der Waals surface area contributed by atoms with Crippen molar-refractivity contribution in [1.29, 1.82) is 0 Å². The molecule has 122 valence electrons. The molecule has 0 unspecified atom stereocenters. The summed E-state index contributed by atoms with van der Waals surface area (Å²) in [6.07, 6.45) is 3.35. The highest BCUT2D eigenvalue weighted by atomic mass is 35.5. The van der Waals surface area contributed by atoms with Crippen molar-refractivity contribution in [2.75, 3.05) is 7.11 Å². The molecule has 0 N–H and O–H groups in total. The highest BCUT2D eigenvalue weighted by molar-refractivity contribution is 7.98. The second kappa shape index (κ2) is 7.99. The van der Waals surface area contributed by atoms with Gasteiger partial charge in [-0.05, 0) is 47.5 Å². The van der Waals surface area contributed by atoms with E-state index in [0.29, 0.717) is 0 Å². The lowest BCUT2D eigenvalue weighted by Gasteiger charge is -2.02. The Labute approximate surface area is 149 Å². The van der Waals surface area contributed by atoms with Gasteiger partial charge in [0.05, 0.1) is 13.3 Å². The first-order valence-electron chi connectivity index (χ1n) is 7.20. The largest absolute Gasteiger partial charge is 0.497 e. The summed E-state index contributed by atoms with van der Waals surface area (Å²) in [5.74, 6) is 1.59. The lowest BCUT2D eigenvalue weighted by Crippen LogP contribution is -1.93. The second-order valence-electron chi connectivity index (χ2n) is 4.89. The molecular weight excluding hydrogens is 344 g/mol. The van der Waals surface area contributed by atoms with E-state index in [4.69, 9.17) is 16.3 Å². The van der Waals surface area contributed by atoms with E-state index >= 15 is 0 Å². The summed E-state index contributed by atoms with van der Waals surface area (Å²) in [7, 11) is 1.64. The van der Waals surface area contributed by atoms with Crippen LogP contribution in [0.15, 0.2) is 65.1 Å². The SMILES string of the molecule is COc1ccc(/C=N\n2cnnc2SCc2ccc(Cl)cc2)cc1. The van der Waals surface area contributed by atoms with Crippen molar-refractivity contribution in [2.45, 2.75) is 10.9 Å². The van der Waals surface area contributed by atoms with Gasteiger partial charge >= 0.3 is 0 Å². The Morgan fingerprint density at radius 2 is 1.92 bits per heavy atom. The first-order chi connectivity index (χ1) is 11.7. The summed E-state index contributed by atoms with van der Waals surface area (Å²) >= 11 is 7.46. The Morgan fingerprint density at radius 1 is 1.17 bits per heavy atom. The van der Waals surface area contributed by atoms with E-state index in [9.17, 15) is 0 Å². The number of aromatic nitrogens is 3. The smallest absolute Gasteiger partial charge is 0.212 e. The number of benzene rings is 2. The lowest BCUT2D eigenvalue weighted by molar-refractivity contribution is 0.415. The molecule has 0 saturated heterocycles. The van der Waals surface area contributed by atoms with Crippen LogP contribution in [0.1, 0.15) is 11.1 Å². The first kappa shape index (κ1) is 16.5. The summed E-state index contributed by atoms with van der Waals surface area (Å²) in [5.41, 5.74) is 2.14. The molecule has 3 rings (SSSR count). The summed E-state index contributed by atoms with van der Waals surface area (Å²) in [4.78, 5) is 0. The molecule has 5 nitrogen and oxygen atoms in total. The number of methoxy groups -OCH3 is 1. The van der Waals surface area contributed by atoms with Crippen LogP contribution in [0.3, 0.4) is 0 Å². The number of nitrogens with zero attached hydrogens (tertiary/aromatic N) is 4. The Kier molecular flexibility index (Phi) is 5.51. The van der Waals surface area contributed by atoms with Gasteiger partial charge in [-0.2, -0.15) is 9.78 Å². The van der Waals surface area contributed by atoms with Crippen molar-refractivity contribution in [1.82, 2.24) is 14.9 Å². The normalized spacial score (nSPS) is 11.1. The molecular formula is C17H15ClN4OS. The highest BCUT2D eigenvalue weighted by Crippen LogP contribution is 2.21. The molecule has 0 aliphatic carbocycles. The van der Waals surface area contributed by atoms with Crippen molar-refractivity contribution in [3.8, 4) is 5.75 Å². The molecule has 1 aromatic heterocycles. The molecule has 0 aliphatic heterocycles. The van der Waals surface area contributed by atoms with Crippen LogP contribution >= 0.6 is 23.4 Å². The van der Waals surface area contributed by atoms with Crippen LogP contribution in [0.25, 0.3) is 0 Å². The van der Waals surface area contributed by atoms with E-state index in [1.54, 1.807) is 36.1 Å². The van der Waals surface area contributed by atoms with Crippen molar-refractivity contribution < 1.29 is 4.74 Å². The topological polar surface area (TPSA) is 52.3 Å². The van der Waals surface area contributed by atoms with Gasteiger partial charge in [-0.3, -0.25) is 0 Å². The van der Waals surface area contributed by atoms with E-state index in [2.05, 4.69) is 15.3 Å². The summed E-state index contributed by atoms with van der Waals surface area (Å²) in [5, 5.41) is 13.9. The summed E-state index contributed by atoms with van der Waals surface area (Å²) in [6, 6.07) is 15.4. The fraction of sp³-hybridized carbons (Fsp3) is 0.118. The standard InChI is InChI=1S/C17H15ClN4OS/c1-23-16-8-4-13(5-9-16)10-20-22-12-19-21-17(22)24-11-14-2-6-15(18)7-3-14/h2-10,12H,11H2,1H3/b20-10-. The van der Waals surface area contributed by atoms with Crippen molar-refractivity contribution >= 4 is 29.6 Å². The first-order valence-corrected chi connectivity index (χ1v) is 8.56. The van der Waals surface area contributed by atoms with Crippen LogP contribution in [0.5, 0.6) is 5.75 Å². The molecule has 0 amide bonds. The van der Waals surface area contributed by atoms with E-state index in [1.165, 1.54) is 0 Å². The number of thioether (sulfide) groups is 1. The molecule has 0 radical (unpaired) electrons. The van der Waals surface area contributed by atoms with Crippen LogP contribution in [0.2, 0.25) is 5.02 Å². The van der Waals surface area contributed by atoms with E-state index in [-0.39, 0.29) is 0 Å². The number of hydrogen-bond donors (Lipinski definition) is 0. The van der Waals surface area contributed by atoms with Gasteiger partial charge < -0.3 is 4.74 Å². The third-order valence-electron chi connectivity index (χ3n) is 3.23. The fourth-order valence-electron chi connectivity index (χ4n) is 1.94. The molecule has 0 spiro atoms. The summed E-state index contributed by atoms with van der Waals surface area (Å²) < 4.78 is 6.80. The minimum Gasteiger partial charge on any atom is -0.497 e. The zero-order valence-electron chi connectivity index (χ0n) is 13.0. The number of rotatable bonds is 6. The van der Waals surface area contributed by atoms with Gasteiger partial charge in [0.25, 0.3) is 0 Å². The van der Waals surface area contributed by atoms with Crippen LogP contribution in [0, 0.1) is 0 Å². The van der Waals surface area contributed by atoms with E-state index < -0.39 is 0 Å². The van der Waals surface area contributed by atoms with E-state index in [0.717, 1.165) is 32.8 Å². The minimum absolute atomic E-state index is 0.731. The lowest BCUT2D eigenvalue weighted by atomic mass is 10.2. The molecule has 0 aliphatic rings. The van der Waals surface area contributed by atoms with Gasteiger partial charge in [0, 0.05) is 10.8 Å². The van der Waals surface area contributed by atoms with Gasteiger partial charge in [0.2, 0.25) is 5.16 Å². The second-order valence-corrected chi connectivity index (χ2v) is 6.27. The Morgan fingerprint density at radius 3 is 2.62 bits per heavy atom. The average molecular weight is 359 g/mol. The number of hydrogen-bond acceptors (Lipinski definition) is 5. The molecule has 0 bridgehead atoms. The fourth-order valence-corrected chi connectivity index (χ4v) is 2.89. The molecule has 7 heteroatoms. The van der Waals surface area contributed by atoms with Crippen LogP contribution in [0.4, 0.5) is 0 Å². The number of ether oxygens (including phenoxy) is 1. The van der Waals surface area contributed by atoms with Gasteiger partial charge in [-0.1, -0.05) is 35.5 Å². The highest BCUT2D eigenvalue weighted by Gasteiger charge is 2.04. The van der Waals surface area contributed by atoms with Crippen LogP contribution < -0.4 is 4.74 Å². The predicted molar refractivity (Wildman–Crippen MR) is 97.0 cm³/mol. The molecule has 24 heavy (non-hydrogen) atoms. The quantitative estimate of drug-likeness (QED) is 0.491. The maximum Gasteiger partial charge on any atom is 0.212 e. The van der Waals surface area contributed by atoms with Crippen molar-refractivity contribution in [2.24, 2.45) is 5.10 Å². The predicted octanol–water partition coefficient (Wildman–Crippen LogP) is 4.11. The Balaban J connectivity index is 1.65. The van der Waals surface area contributed by atoms with Gasteiger partial charge in [-0.25, -0.2) is 0 Å². The Hall–Kier alpha value is -2.31. The maximum absolute atomic E-state index is 5.89. The minimum atomic E-state index is 0.731. The maximum atomic E-state index is 5.89. The molecule has 3 aromatic rings. The Bertz CT molecular complexity index is 815. The molecule has 1 heterocycles.